The highest BCUT2D eigenvalue weighted by atomic mass is 16.5. The number of carbonyl (C=O) groups excluding carboxylic acids is 1. The minimum Gasteiger partial charge on any atom is -0.462 e. The lowest BCUT2D eigenvalue weighted by Gasteiger charge is -2.42. The Balaban J connectivity index is 2.66. The Labute approximate surface area is 80.7 Å². The maximum absolute atomic E-state index is 10.9. The maximum Gasteiger partial charge on any atom is 0.302 e. The first-order valence-corrected chi connectivity index (χ1v) is 5.12. The molecule has 0 N–H and O–H groups in total. The average Bonchev–Trinajstić information content (AvgIpc) is 1.99. The van der Waals surface area contributed by atoms with Gasteiger partial charge in [0.25, 0.3) is 0 Å². The van der Waals surface area contributed by atoms with Crippen molar-refractivity contribution in [2.24, 2.45) is 11.3 Å². The average molecular weight is 184 g/mol. The number of ether oxygens (including phenoxy) is 1. The zero-order valence-electron chi connectivity index (χ0n) is 9.09. The van der Waals surface area contributed by atoms with Gasteiger partial charge in [0.1, 0.15) is 6.10 Å². The molecule has 76 valence electrons. The van der Waals surface area contributed by atoms with Crippen LogP contribution in [0.1, 0.15) is 47.0 Å². The fraction of sp³-hybridized carbons (Fsp3) is 0.909. The summed E-state index contributed by atoms with van der Waals surface area (Å²) in [6.45, 7) is 8.14. The van der Waals surface area contributed by atoms with Crippen molar-refractivity contribution in [2.75, 3.05) is 0 Å². The van der Waals surface area contributed by atoms with Gasteiger partial charge in [-0.1, -0.05) is 20.8 Å². The van der Waals surface area contributed by atoms with Crippen molar-refractivity contribution >= 4 is 5.97 Å². The van der Waals surface area contributed by atoms with E-state index in [1.54, 1.807) is 0 Å². The topological polar surface area (TPSA) is 26.3 Å². The first-order chi connectivity index (χ1) is 5.94. The number of esters is 1. The first kappa shape index (κ1) is 10.6. The summed E-state index contributed by atoms with van der Waals surface area (Å²) < 4.78 is 5.34. The number of hydrogen-bond donors (Lipinski definition) is 0. The van der Waals surface area contributed by atoms with Gasteiger partial charge in [0.15, 0.2) is 0 Å². The highest BCUT2D eigenvalue weighted by Crippen LogP contribution is 2.41. The van der Waals surface area contributed by atoms with E-state index in [0.717, 1.165) is 6.42 Å². The molecule has 0 aromatic carbocycles. The summed E-state index contributed by atoms with van der Waals surface area (Å²) in [4.78, 5) is 10.9. The molecule has 1 rings (SSSR count). The van der Waals surface area contributed by atoms with Gasteiger partial charge in [-0.15, -0.1) is 0 Å². The molecule has 0 aromatic rings. The van der Waals surface area contributed by atoms with Crippen molar-refractivity contribution in [2.45, 2.75) is 53.1 Å². The lowest BCUT2D eigenvalue weighted by molar-refractivity contribution is -0.158. The van der Waals surface area contributed by atoms with Gasteiger partial charge in [-0.25, -0.2) is 0 Å². The van der Waals surface area contributed by atoms with Crippen molar-refractivity contribution in [3.8, 4) is 0 Å². The van der Waals surface area contributed by atoms with Gasteiger partial charge in [-0.3, -0.25) is 4.79 Å². The Morgan fingerprint density at radius 2 is 2.00 bits per heavy atom. The summed E-state index contributed by atoms with van der Waals surface area (Å²) in [7, 11) is 0. The monoisotopic (exact) mass is 184 g/mol. The van der Waals surface area contributed by atoms with Gasteiger partial charge in [0.05, 0.1) is 0 Å². The Hall–Kier alpha value is -0.530. The van der Waals surface area contributed by atoms with E-state index in [4.69, 9.17) is 4.74 Å². The highest BCUT2D eigenvalue weighted by molar-refractivity contribution is 5.66. The second-order valence-electron chi connectivity index (χ2n) is 4.75. The third-order valence-corrected chi connectivity index (χ3v) is 3.51. The quantitative estimate of drug-likeness (QED) is 0.586. The van der Waals surface area contributed by atoms with Crippen LogP contribution in [0.2, 0.25) is 0 Å². The smallest absolute Gasteiger partial charge is 0.302 e. The molecular formula is C11H20O2. The number of carbonyl (C=O) groups is 1. The molecule has 1 fully saturated rings. The molecule has 0 spiro atoms. The normalized spacial score (nSPS) is 32.6. The predicted octanol–water partition coefficient (Wildman–Crippen LogP) is 2.76. The molecule has 2 nitrogen and oxygen atoms in total. The van der Waals surface area contributed by atoms with Crippen LogP contribution in [0.25, 0.3) is 0 Å². The molecule has 0 radical (unpaired) electrons. The van der Waals surface area contributed by atoms with E-state index < -0.39 is 0 Å². The first-order valence-electron chi connectivity index (χ1n) is 5.12. The van der Waals surface area contributed by atoms with E-state index in [-0.39, 0.29) is 17.5 Å². The Kier molecular flexibility index (Phi) is 2.99. The van der Waals surface area contributed by atoms with Crippen molar-refractivity contribution in [3.05, 3.63) is 0 Å². The lowest BCUT2D eigenvalue weighted by Crippen LogP contribution is -2.41. The molecule has 1 aliphatic rings. The third kappa shape index (κ3) is 2.23. The molecule has 2 heteroatoms. The lowest BCUT2D eigenvalue weighted by atomic mass is 9.68. The standard InChI is InChI=1S/C11H20O2/c1-8-6-5-7-10(11(8,3)4)13-9(2)12/h8,10H,5-7H2,1-4H3/t8-,10-/m1/s1. The molecular weight excluding hydrogens is 164 g/mol. The van der Waals surface area contributed by atoms with Crippen LogP contribution in [-0.2, 0) is 9.53 Å². The Morgan fingerprint density at radius 1 is 1.38 bits per heavy atom. The molecule has 0 bridgehead atoms. The van der Waals surface area contributed by atoms with Crippen molar-refractivity contribution < 1.29 is 9.53 Å². The zero-order chi connectivity index (χ0) is 10.1. The van der Waals surface area contributed by atoms with Gasteiger partial charge in [-0.2, -0.15) is 0 Å². The van der Waals surface area contributed by atoms with Crippen LogP contribution in [0.15, 0.2) is 0 Å². The number of rotatable bonds is 1. The SMILES string of the molecule is CC(=O)O[C@@H]1CCC[C@@H](C)C1(C)C. The van der Waals surface area contributed by atoms with Crippen LogP contribution in [0.3, 0.4) is 0 Å². The summed E-state index contributed by atoms with van der Waals surface area (Å²) >= 11 is 0. The Morgan fingerprint density at radius 3 is 2.54 bits per heavy atom. The van der Waals surface area contributed by atoms with E-state index >= 15 is 0 Å². The van der Waals surface area contributed by atoms with Crippen LogP contribution in [0, 0.1) is 11.3 Å². The predicted molar refractivity (Wildman–Crippen MR) is 52.4 cm³/mol. The molecule has 0 heterocycles. The molecule has 0 amide bonds. The minimum absolute atomic E-state index is 0.119. The molecule has 0 aromatic heterocycles. The van der Waals surface area contributed by atoms with Gasteiger partial charge in [0.2, 0.25) is 0 Å². The summed E-state index contributed by atoms with van der Waals surface area (Å²) in [5, 5.41) is 0. The summed E-state index contributed by atoms with van der Waals surface area (Å²) in [5.41, 5.74) is 0.143. The van der Waals surface area contributed by atoms with Crippen molar-refractivity contribution in [1.82, 2.24) is 0 Å². The van der Waals surface area contributed by atoms with Gasteiger partial charge >= 0.3 is 5.97 Å². The van der Waals surface area contributed by atoms with Crippen molar-refractivity contribution in [3.63, 3.8) is 0 Å². The second-order valence-corrected chi connectivity index (χ2v) is 4.75. The van der Waals surface area contributed by atoms with Crippen LogP contribution < -0.4 is 0 Å². The van der Waals surface area contributed by atoms with Crippen LogP contribution in [0.4, 0.5) is 0 Å². The van der Waals surface area contributed by atoms with Crippen LogP contribution in [0.5, 0.6) is 0 Å². The molecule has 0 saturated heterocycles. The van der Waals surface area contributed by atoms with Gasteiger partial charge in [-0.05, 0) is 25.2 Å². The van der Waals surface area contributed by atoms with Gasteiger partial charge < -0.3 is 4.74 Å². The van der Waals surface area contributed by atoms with Gasteiger partial charge in [0, 0.05) is 12.3 Å². The van der Waals surface area contributed by atoms with Crippen molar-refractivity contribution in [1.29, 1.82) is 0 Å². The molecule has 0 unspecified atom stereocenters. The van der Waals surface area contributed by atoms with Crippen LogP contribution >= 0.6 is 0 Å². The van der Waals surface area contributed by atoms with E-state index in [0.29, 0.717) is 5.92 Å². The molecule has 1 saturated carbocycles. The van der Waals surface area contributed by atoms with E-state index in [1.165, 1.54) is 19.8 Å². The summed E-state index contributed by atoms with van der Waals surface area (Å²) in [6.07, 6.45) is 3.58. The number of hydrogen-bond acceptors (Lipinski definition) is 2. The fourth-order valence-electron chi connectivity index (χ4n) is 2.08. The maximum atomic E-state index is 10.9. The summed E-state index contributed by atoms with van der Waals surface area (Å²) in [6, 6.07) is 0. The third-order valence-electron chi connectivity index (χ3n) is 3.51. The highest BCUT2D eigenvalue weighted by Gasteiger charge is 2.39. The fourth-order valence-corrected chi connectivity index (χ4v) is 2.08. The van der Waals surface area contributed by atoms with Crippen LogP contribution in [-0.4, -0.2) is 12.1 Å². The largest absolute Gasteiger partial charge is 0.462 e. The molecule has 1 aliphatic carbocycles. The second kappa shape index (κ2) is 3.69. The van der Waals surface area contributed by atoms with E-state index in [9.17, 15) is 4.79 Å². The molecule has 2 atom stereocenters. The molecule has 0 aliphatic heterocycles. The zero-order valence-corrected chi connectivity index (χ0v) is 9.09. The molecule has 13 heavy (non-hydrogen) atoms. The minimum atomic E-state index is -0.146. The van der Waals surface area contributed by atoms with E-state index in [1.807, 2.05) is 0 Å². The van der Waals surface area contributed by atoms with E-state index in [2.05, 4.69) is 20.8 Å². The Bertz CT molecular complexity index is 196. The summed E-state index contributed by atoms with van der Waals surface area (Å²) in [5.74, 6) is 0.498.